The van der Waals surface area contributed by atoms with Crippen LogP contribution in [-0.2, 0) is 0 Å². The van der Waals surface area contributed by atoms with Crippen molar-refractivity contribution in [1.82, 2.24) is 14.9 Å². The Balaban J connectivity index is 2.71. The summed E-state index contributed by atoms with van der Waals surface area (Å²) in [4.78, 5) is 0.574. The highest BCUT2D eigenvalue weighted by molar-refractivity contribution is 6.15. The van der Waals surface area contributed by atoms with Crippen LogP contribution >= 0.6 is 11.8 Å². The number of ether oxygens (including phenoxy) is 1. The molecule has 0 bridgehead atoms. The van der Waals surface area contributed by atoms with E-state index in [2.05, 4.69) is 5.53 Å². The van der Waals surface area contributed by atoms with E-state index in [1.165, 1.54) is 0 Å². The highest BCUT2D eigenvalue weighted by atomic mass is 35.5. The number of hydrogen-bond donors (Lipinski definition) is 1. The fourth-order valence-electron chi connectivity index (χ4n) is 1.23. The predicted octanol–water partition coefficient (Wildman–Crippen LogP) is -0.689. The highest BCUT2D eigenvalue weighted by Crippen LogP contribution is 2.02. The summed E-state index contributed by atoms with van der Waals surface area (Å²) < 4.78 is 6.07. The van der Waals surface area contributed by atoms with Gasteiger partial charge in [0.2, 0.25) is 0 Å². The van der Waals surface area contributed by atoms with Crippen molar-refractivity contribution >= 4 is 18.0 Å². The summed E-state index contributed by atoms with van der Waals surface area (Å²) in [5, 5.41) is 12.6. The SMILES string of the molecule is COc1ccc2c(c1)=[N+]([O-])NN(Cl)C=2. The van der Waals surface area contributed by atoms with E-state index in [4.69, 9.17) is 16.5 Å². The van der Waals surface area contributed by atoms with Gasteiger partial charge in [0.15, 0.2) is 0 Å². The molecule has 1 aliphatic heterocycles. The number of methoxy groups -OCH3 is 1. The Morgan fingerprint density at radius 1 is 1.57 bits per heavy atom. The van der Waals surface area contributed by atoms with Gasteiger partial charge < -0.3 is 9.94 Å². The van der Waals surface area contributed by atoms with Crippen LogP contribution in [0, 0.1) is 5.21 Å². The van der Waals surface area contributed by atoms with E-state index in [1.54, 1.807) is 31.5 Å². The van der Waals surface area contributed by atoms with Crippen LogP contribution in [0.3, 0.4) is 0 Å². The molecule has 1 aliphatic rings. The van der Waals surface area contributed by atoms with E-state index in [0.717, 1.165) is 9.75 Å². The summed E-state index contributed by atoms with van der Waals surface area (Å²) in [5.74, 6) is 0.628. The van der Waals surface area contributed by atoms with Crippen LogP contribution < -0.4 is 25.7 Å². The van der Waals surface area contributed by atoms with Gasteiger partial charge in [-0.15, -0.1) is 0 Å². The summed E-state index contributed by atoms with van der Waals surface area (Å²) >= 11 is 5.61. The lowest BCUT2D eigenvalue weighted by molar-refractivity contribution is 0.355. The summed E-state index contributed by atoms with van der Waals surface area (Å²) in [6.45, 7) is 0. The van der Waals surface area contributed by atoms with Crippen molar-refractivity contribution in [3.63, 3.8) is 0 Å². The zero-order valence-corrected chi connectivity index (χ0v) is 8.15. The Bertz CT molecular complexity index is 474. The Labute approximate surface area is 85.1 Å². The van der Waals surface area contributed by atoms with Crippen molar-refractivity contribution in [3.8, 4) is 5.75 Å². The number of nitrogens with zero attached hydrogens (tertiary/aromatic N) is 2. The third-order valence-corrected chi connectivity index (χ3v) is 2.07. The molecule has 74 valence electrons. The molecular formula is C8H8ClN3O2. The van der Waals surface area contributed by atoms with Crippen LogP contribution in [0.4, 0.5) is 0 Å². The van der Waals surface area contributed by atoms with Crippen molar-refractivity contribution in [2.24, 2.45) is 0 Å². The topological polar surface area (TPSA) is 50.6 Å². The lowest BCUT2D eigenvalue weighted by Gasteiger charge is -2.14. The zero-order chi connectivity index (χ0) is 10.1. The van der Waals surface area contributed by atoms with Crippen molar-refractivity contribution < 1.29 is 4.74 Å². The van der Waals surface area contributed by atoms with Crippen molar-refractivity contribution in [1.29, 1.82) is 0 Å². The number of nitrogens with one attached hydrogen (secondary N) is 1. The summed E-state index contributed by atoms with van der Waals surface area (Å²) in [5.41, 5.74) is 2.35. The smallest absolute Gasteiger partial charge is 0.256 e. The largest absolute Gasteiger partial charge is 0.594 e. The monoisotopic (exact) mass is 213 g/mol. The maximum atomic E-state index is 11.4. The lowest BCUT2D eigenvalue weighted by atomic mass is 10.3. The quantitative estimate of drug-likeness (QED) is 0.381. The first-order valence-corrected chi connectivity index (χ1v) is 4.26. The van der Waals surface area contributed by atoms with Crippen LogP contribution in [0.25, 0.3) is 6.20 Å². The fraction of sp³-hybridized carbons (Fsp3) is 0.125. The molecule has 0 aromatic heterocycles. The van der Waals surface area contributed by atoms with E-state index in [0.29, 0.717) is 16.0 Å². The Morgan fingerprint density at radius 2 is 2.36 bits per heavy atom. The van der Waals surface area contributed by atoms with E-state index >= 15 is 0 Å². The fourth-order valence-corrected chi connectivity index (χ4v) is 1.40. The lowest BCUT2D eigenvalue weighted by Crippen LogP contribution is -2.52. The van der Waals surface area contributed by atoms with E-state index in [1.807, 2.05) is 0 Å². The van der Waals surface area contributed by atoms with Crippen LogP contribution in [0.15, 0.2) is 18.2 Å². The van der Waals surface area contributed by atoms with Gasteiger partial charge in [-0.05, 0) is 12.1 Å². The molecule has 0 radical (unpaired) electrons. The molecule has 2 rings (SSSR count). The Morgan fingerprint density at radius 3 is 3.07 bits per heavy atom. The average Bonchev–Trinajstić information content (AvgIpc) is 2.17. The van der Waals surface area contributed by atoms with Gasteiger partial charge in [0.1, 0.15) is 5.75 Å². The summed E-state index contributed by atoms with van der Waals surface area (Å²) in [6, 6.07) is 5.16. The van der Waals surface area contributed by atoms with Gasteiger partial charge in [-0.2, -0.15) is 4.53 Å². The summed E-state index contributed by atoms with van der Waals surface area (Å²) in [6.07, 6.45) is 1.60. The molecule has 0 saturated carbocycles. The molecule has 0 atom stereocenters. The molecule has 1 aromatic rings. The first-order valence-electron chi connectivity index (χ1n) is 3.92. The van der Waals surface area contributed by atoms with Crippen LogP contribution in [0.1, 0.15) is 0 Å². The number of hydrogen-bond acceptors (Lipinski definition) is 4. The average molecular weight is 214 g/mol. The summed E-state index contributed by atoms with van der Waals surface area (Å²) in [7, 11) is 1.55. The third kappa shape index (κ3) is 1.42. The molecule has 1 N–H and O–H groups in total. The van der Waals surface area contributed by atoms with Gasteiger partial charge in [-0.25, -0.2) is 0 Å². The number of benzene rings is 1. The molecule has 5 nitrogen and oxygen atoms in total. The van der Waals surface area contributed by atoms with Gasteiger partial charge in [0, 0.05) is 11.8 Å². The first-order chi connectivity index (χ1) is 6.70. The second-order valence-corrected chi connectivity index (χ2v) is 3.12. The Hall–Kier alpha value is -1.62. The number of rotatable bonds is 1. The molecule has 0 spiro atoms. The zero-order valence-electron chi connectivity index (χ0n) is 7.40. The molecular weight excluding hydrogens is 206 g/mol. The molecule has 1 heterocycles. The van der Waals surface area contributed by atoms with Crippen molar-refractivity contribution in [2.45, 2.75) is 0 Å². The van der Waals surface area contributed by atoms with E-state index in [-0.39, 0.29) is 0 Å². The normalized spacial score (nSPS) is 14.1. The van der Waals surface area contributed by atoms with Crippen molar-refractivity contribution in [3.05, 3.63) is 34.0 Å². The molecule has 0 fully saturated rings. The van der Waals surface area contributed by atoms with Crippen LogP contribution in [-0.4, -0.2) is 11.6 Å². The molecule has 6 heteroatoms. The highest BCUT2D eigenvalue weighted by Gasteiger charge is 2.09. The minimum Gasteiger partial charge on any atom is -0.594 e. The van der Waals surface area contributed by atoms with Gasteiger partial charge >= 0.3 is 0 Å². The van der Waals surface area contributed by atoms with Crippen LogP contribution in [0.5, 0.6) is 5.75 Å². The Kier molecular flexibility index (Phi) is 2.09. The van der Waals surface area contributed by atoms with Gasteiger partial charge in [-0.3, -0.25) is 0 Å². The van der Waals surface area contributed by atoms with Crippen LogP contribution in [0.2, 0.25) is 0 Å². The first kappa shape index (κ1) is 8.96. The van der Waals surface area contributed by atoms with E-state index < -0.39 is 0 Å². The molecule has 0 saturated heterocycles. The molecule has 14 heavy (non-hydrogen) atoms. The standard InChI is InChI=1S/C8H8ClN3O2/c1-14-7-3-2-6-5-11(9)10-12(13)8(6)4-7/h2-5,10H,1H3. The van der Waals surface area contributed by atoms with Crippen molar-refractivity contribution in [2.75, 3.05) is 7.11 Å². The number of halogens is 1. The van der Waals surface area contributed by atoms with E-state index in [9.17, 15) is 5.21 Å². The second kappa shape index (κ2) is 3.26. The number of fused-ring (bicyclic) bond motifs is 1. The molecule has 0 aliphatic carbocycles. The molecule has 1 aromatic carbocycles. The third-order valence-electron chi connectivity index (χ3n) is 1.90. The van der Waals surface area contributed by atoms with Gasteiger partial charge in [0.25, 0.3) is 5.36 Å². The second-order valence-electron chi connectivity index (χ2n) is 2.76. The maximum Gasteiger partial charge on any atom is 0.256 e. The minimum atomic E-state index is 0.473. The molecule has 0 amide bonds. The minimum absolute atomic E-state index is 0.473. The maximum absolute atomic E-state index is 11.4. The van der Waals surface area contributed by atoms with Gasteiger partial charge in [-0.1, -0.05) is 10.4 Å². The molecule has 0 unspecified atom stereocenters. The predicted molar refractivity (Wildman–Crippen MR) is 52.1 cm³/mol. The van der Waals surface area contributed by atoms with Gasteiger partial charge in [0.05, 0.1) is 24.6 Å². The number of hydrazine groups is 2.